The summed E-state index contributed by atoms with van der Waals surface area (Å²) in [5.41, 5.74) is 0.476. The Balaban J connectivity index is 1.89. The number of hydrogen-bond donors (Lipinski definition) is 0. The maximum Gasteiger partial charge on any atom is 0.344 e. The van der Waals surface area contributed by atoms with Gasteiger partial charge in [-0.15, -0.1) is 0 Å². The number of methoxy groups -OCH3 is 1. The summed E-state index contributed by atoms with van der Waals surface area (Å²) in [4.78, 5) is 24.1. The van der Waals surface area contributed by atoms with Gasteiger partial charge in [-0.2, -0.15) is 0 Å². The Labute approximate surface area is 148 Å². The van der Waals surface area contributed by atoms with E-state index in [9.17, 15) is 9.59 Å². The van der Waals surface area contributed by atoms with E-state index in [2.05, 4.69) is 15.9 Å². The van der Waals surface area contributed by atoms with Crippen molar-refractivity contribution in [2.75, 3.05) is 13.7 Å². The molecule has 0 bridgehead atoms. The third-order valence-electron chi connectivity index (χ3n) is 3.22. The Hall–Kier alpha value is -2.34. The molecule has 0 spiro atoms. The first-order valence-electron chi connectivity index (χ1n) is 7.26. The smallest absolute Gasteiger partial charge is 0.344 e. The van der Waals surface area contributed by atoms with E-state index < -0.39 is 12.1 Å². The lowest BCUT2D eigenvalue weighted by Crippen LogP contribution is -2.27. The van der Waals surface area contributed by atoms with Gasteiger partial charge in [-0.05, 0) is 31.2 Å². The summed E-state index contributed by atoms with van der Waals surface area (Å²) in [6.45, 7) is 1.23. The molecule has 0 unspecified atom stereocenters. The first-order valence-corrected chi connectivity index (χ1v) is 8.05. The van der Waals surface area contributed by atoms with Crippen molar-refractivity contribution in [3.05, 3.63) is 58.6 Å². The number of para-hydroxylation sites is 2. The van der Waals surface area contributed by atoms with Gasteiger partial charge in [0, 0.05) is 10.0 Å². The van der Waals surface area contributed by atoms with Crippen LogP contribution in [0.15, 0.2) is 53.0 Å². The molecule has 2 aromatic carbocycles. The Morgan fingerprint density at radius 2 is 1.67 bits per heavy atom. The van der Waals surface area contributed by atoms with E-state index >= 15 is 0 Å². The minimum atomic E-state index is -0.889. The average molecular weight is 393 g/mol. The standard InChI is InChI=1S/C18H17BrO5/c1-12(18(21)13-7-9-14(19)10-8-13)24-17(20)11-23-16-6-4-3-5-15(16)22-2/h3-10,12H,11H2,1-2H3/t12-/m1/s1. The zero-order valence-corrected chi connectivity index (χ0v) is 14.9. The van der Waals surface area contributed by atoms with E-state index in [1.54, 1.807) is 48.5 Å². The van der Waals surface area contributed by atoms with Crippen LogP contribution in [0, 0.1) is 0 Å². The Kier molecular flexibility index (Phi) is 6.37. The molecule has 0 amide bonds. The van der Waals surface area contributed by atoms with Gasteiger partial charge >= 0.3 is 5.97 Å². The number of rotatable bonds is 7. The minimum absolute atomic E-state index is 0.270. The molecule has 0 N–H and O–H groups in total. The fraction of sp³-hybridized carbons (Fsp3) is 0.222. The van der Waals surface area contributed by atoms with Crippen LogP contribution < -0.4 is 9.47 Å². The quantitative estimate of drug-likeness (QED) is 0.531. The topological polar surface area (TPSA) is 61.8 Å². The number of carbonyl (C=O) groups excluding carboxylic acids is 2. The second-order valence-corrected chi connectivity index (χ2v) is 5.86. The summed E-state index contributed by atoms with van der Waals surface area (Å²) in [5.74, 6) is 0.0557. The molecule has 126 valence electrons. The van der Waals surface area contributed by atoms with Crippen molar-refractivity contribution in [3.8, 4) is 11.5 Å². The summed E-state index contributed by atoms with van der Waals surface area (Å²) < 4.78 is 16.5. The van der Waals surface area contributed by atoms with Crippen molar-refractivity contribution < 1.29 is 23.8 Å². The molecule has 0 saturated heterocycles. The van der Waals surface area contributed by atoms with Crippen molar-refractivity contribution in [1.82, 2.24) is 0 Å². The van der Waals surface area contributed by atoms with Gasteiger partial charge in [0.25, 0.3) is 0 Å². The van der Waals surface area contributed by atoms with E-state index in [1.807, 2.05) is 0 Å². The molecule has 0 aliphatic carbocycles. The summed E-state index contributed by atoms with van der Waals surface area (Å²) in [7, 11) is 1.51. The Morgan fingerprint density at radius 1 is 1.04 bits per heavy atom. The molecular weight excluding hydrogens is 376 g/mol. The lowest BCUT2D eigenvalue weighted by molar-refractivity contribution is -0.148. The van der Waals surface area contributed by atoms with Crippen LogP contribution in [-0.4, -0.2) is 31.6 Å². The average Bonchev–Trinajstić information content (AvgIpc) is 2.60. The van der Waals surface area contributed by atoms with Gasteiger partial charge in [0.2, 0.25) is 5.78 Å². The number of ether oxygens (including phenoxy) is 3. The highest BCUT2D eigenvalue weighted by atomic mass is 79.9. The predicted octanol–water partition coefficient (Wildman–Crippen LogP) is 3.65. The van der Waals surface area contributed by atoms with Gasteiger partial charge in [-0.1, -0.05) is 40.2 Å². The van der Waals surface area contributed by atoms with E-state index in [0.717, 1.165) is 4.47 Å². The van der Waals surface area contributed by atoms with Crippen molar-refractivity contribution in [2.45, 2.75) is 13.0 Å². The maximum atomic E-state index is 12.2. The van der Waals surface area contributed by atoms with Gasteiger partial charge in [0.15, 0.2) is 24.2 Å². The lowest BCUT2D eigenvalue weighted by atomic mass is 10.1. The molecule has 0 radical (unpaired) electrons. The molecule has 0 aliphatic rings. The zero-order chi connectivity index (χ0) is 17.5. The van der Waals surface area contributed by atoms with Gasteiger partial charge in [0.1, 0.15) is 0 Å². The molecule has 2 rings (SSSR count). The molecule has 2 aromatic rings. The fourth-order valence-electron chi connectivity index (χ4n) is 2.01. The molecule has 0 saturated carbocycles. The number of hydrogen-bond acceptors (Lipinski definition) is 5. The molecule has 0 heterocycles. The van der Waals surface area contributed by atoms with Crippen molar-refractivity contribution in [2.24, 2.45) is 0 Å². The molecule has 0 fully saturated rings. The number of carbonyl (C=O) groups is 2. The largest absolute Gasteiger partial charge is 0.493 e. The van der Waals surface area contributed by atoms with Gasteiger partial charge in [-0.25, -0.2) is 4.79 Å². The normalized spacial score (nSPS) is 11.5. The molecule has 0 aliphatic heterocycles. The van der Waals surface area contributed by atoms with Crippen molar-refractivity contribution >= 4 is 27.7 Å². The highest BCUT2D eigenvalue weighted by molar-refractivity contribution is 9.10. The number of benzene rings is 2. The first kappa shape index (κ1) is 18.0. The maximum absolute atomic E-state index is 12.2. The summed E-state index contributed by atoms with van der Waals surface area (Å²) >= 11 is 3.30. The molecule has 0 aromatic heterocycles. The monoisotopic (exact) mass is 392 g/mol. The third-order valence-corrected chi connectivity index (χ3v) is 3.75. The molecule has 24 heavy (non-hydrogen) atoms. The van der Waals surface area contributed by atoms with Gasteiger partial charge in [0.05, 0.1) is 7.11 Å². The second kappa shape index (κ2) is 8.49. The van der Waals surface area contributed by atoms with Crippen molar-refractivity contribution in [1.29, 1.82) is 0 Å². The minimum Gasteiger partial charge on any atom is -0.493 e. The summed E-state index contributed by atoms with van der Waals surface area (Å²) in [5, 5.41) is 0. The number of Topliss-reactive ketones (excluding diaryl/α,β-unsaturated/α-hetero) is 1. The number of ketones is 1. The van der Waals surface area contributed by atoms with Gasteiger partial charge < -0.3 is 14.2 Å². The van der Waals surface area contributed by atoms with Crippen LogP contribution in [-0.2, 0) is 9.53 Å². The summed E-state index contributed by atoms with van der Waals surface area (Å²) in [6.07, 6.45) is -0.889. The Bertz CT molecular complexity index is 712. The third kappa shape index (κ3) is 4.83. The molecular formula is C18H17BrO5. The second-order valence-electron chi connectivity index (χ2n) is 4.94. The van der Waals surface area contributed by atoms with Crippen LogP contribution in [0.4, 0.5) is 0 Å². The van der Waals surface area contributed by atoms with E-state index in [1.165, 1.54) is 14.0 Å². The molecule has 1 atom stereocenters. The van der Waals surface area contributed by atoms with Crippen LogP contribution in [0.25, 0.3) is 0 Å². The van der Waals surface area contributed by atoms with Crippen LogP contribution in [0.2, 0.25) is 0 Å². The predicted molar refractivity (Wildman–Crippen MR) is 92.5 cm³/mol. The van der Waals surface area contributed by atoms with E-state index in [0.29, 0.717) is 17.1 Å². The highest BCUT2D eigenvalue weighted by Gasteiger charge is 2.20. The lowest BCUT2D eigenvalue weighted by Gasteiger charge is -2.14. The SMILES string of the molecule is COc1ccccc1OCC(=O)O[C@H](C)C(=O)c1ccc(Br)cc1. The van der Waals surface area contributed by atoms with Crippen LogP contribution in [0.3, 0.4) is 0 Å². The van der Waals surface area contributed by atoms with Crippen LogP contribution in [0.1, 0.15) is 17.3 Å². The zero-order valence-electron chi connectivity index (χ0n) is 13.3. The number of esters is 1. The fourth-order valence-corrected chi connectivity index (χ4v) is 2.27. The number of halogens is 1. The van der Waals surface area contributed by atoms with E-state index in [4.69, 9.17) is 14.2 Å². The molecule has 5 nitrogen and oxygen atoms in total. The highest BCUT2D eigenvalue weighted by Crippen LogP contribution is 2.25. The Morgan fingerprint density at radius 3 is 2.29 bits per heavy atom. The summed E-state index contributed by atoms with van der Waals surface area (Å²) in [6, 6.07) is 13.8. The van der Waals surface area contributed by atoms with Crippen LogP contribution >= 0.6 is 15.9 Å². The molecule has 6 heteroatoms. The van der Waals surface area contributed by atoms with E-state index in [-0.39, 0.29) is 12.4 Å². The van der Waals surface area contributed by atoms with Gasteiger partial charge in [-0.3, -0.25) is 4.79 Å². The first-order chi connectivity index (χ1) is 11.5. The van der Waals surface area contributed by atoms with Crippen LogP contribution in [0.5, 0.6) is 11.5 Å². The van der Waals surface area contributed by atoms with Crippen molar-refractivity contribution in [3.63, 3.8) is 0 Å².